The van der Waals surface area contributed by atoms with Crippen LogP contribution in [0.4, 0.5) is 5.95 Å². The van der Waals surface area contributed by atoms with Crippen LogP contribution in [0.15, 0.2) is 41.2 Å². The van der Waals surface area contributed by atoms with Crippen LogP contribution in [-0.4, -0.2) is 40.4 Å². The zero-order valence-corrected chi connectivity index (χ0v) is 14.7. The predicted octanol–water partition coefficient (Wildman–Crippen LogP) is 2.07. The predicted molar refractivity (Wildman–Crippen MR) is 97.7 cm³/mol. The van der Waals surface area contributed by atoms with Gasteiger partial charge in [0, 0.05) is 43.2 Å². The van der Waals surface area contributed by atoms with Crippen molar-refractivity contribution < 1.29 is 4.79 Å². The fourth-order valence-electron chi connectivity index (χ4n) is 3.38. The number of nitrogens with one attached hydrogen (secondary N) is 2. The molecule has 3 rings (SSSR count). The molecule has 2 N–H and O–H groups in total. The van der Waals surface area contributed by atoms with Crippen LogP contribution in [0.2, 0.25) is 0 Å². The lowest BCUT2D eigenvalue weighted by Crippen LogP contribution is -2.48. The highest BCUT2D eigenvalue weighted by molar-refractivity contribution is 5.77. The van der Waals surface area contributed by atoms with E-state index >= 15 is 0 Å². The van der Waals surface area contributed by atoms with Crippen LogP contribution in [0.1, 0.15) is 31.0 Å². The average Bonchev–Trinajstić information content (AvgIpc) is 2.58. The summed E-state index contributed by atoms with van der Waals surface area (Å²) < 4.78 is 0. The molecule has 1 amide bonds. The van der Waals surface area contributed by atoms with Gasteiger partial charge < -0.3 is 10.2 Å². The summed E-state index contributed by atoms with van der Waals surface area (Å²) in [5.74, 6) is 0.626. The first-order valence-electron chi connectivity index (χ1n) is 8.61. The number of benzene rings is 1. The number of carbonyl (C=O) groups is 1. The fourth-order valence-corrected chi connectivity index (χ4v) is 3.38. The highest BCUT2D eigenvalue weighted by Crippen LogP contribution is 2.33. The van der Waals surface area contributed by atoms with Gasteiger partial charge >= 0.3 is 0 Å². The fraction of sp³-hybridized carbons (Fsp3) is 0.421. The number of likely N-dealkylation sites (tertiary alicyclic amines) is 1. The summed E-state index contributed by atoms with van der Waals surface area (Å²) in [4.78, 5) is 32.6. The highest BCUT2D eigenvalue weighted by Gasteiger charge is 2.35. The van der Waals surface area contributed by atoms with Crippen LogP contribution >= 0.6 is 0 Å². The van der Waals surface area contributed by atoms with E-state index in [2.05, 4.69) is 34.3 Å². The van der Waals surface area contributed by atoms with Gasteiger partial charge in [-0.2, -0.15) is 0 Å². The molecule has 2 heterocycles. The second-order valence-corrected chi connectivity index (χ2v) is 6.90. The molecular formula is C19H24N4O2. The Morgan fingerprint density at radius 3 is 2.76 bits per heavy atom. The summed E-state index contributed by atoms with van der Waals surface area (Å²) in [6, 6.07) is 11.8. The number of hydrogen-bond donors (Lipinski definition) is 2. The van der Waals surface area contributed by atoms with Gasteiger partial charge in [-0.05, 0) is 18.9 Å². The molecule has 6 heteroatoms. The van der Waals surface area contributed by atoms with Crippen LogP contribution in [0, 0.1) is 6.92 Å². The summed E-state index contributed by atoms with van der Waals surface area (Å²) in [5, 5.41) is 3.10. The van der Waals surface area contributed by atoms with Crippen molar-refractivity contribution in [1.29, 1.82) is 0 Å². The number of aromatic nitrogens is 2. The van der Waals surface area contributed by atoms with Gasteiger partial charge in [0.15, 0.2) is 0 Å². The van der Waals surface area contributed by atoms with Crippen molar-refractivity contribution in [3.63, 3.8) is 0 Å². The lowest BCUT2D eigenvalue weighted by atomic mass is 9.76. The maximum atomic E-state index is 12.3. The van der Waals surface area contributed by atoms with Gasteiger partial charge in [-0.25, -0.2) is 4.98 Å². The van der Waals surface area contributed by atoms with Crippen molar-refractivity contribution in [2.45, 2.75) is 32.1 Å². The maximum Gasteiger partial charge on any atom is 0.252 e. The Bertz CT molecular complexity index is 803. The van der Waals surface area contributed by atoms with Crippen LogP contribution in [0.3, 0.4) is 0 Å². The quantitative estimate of drug-likeness (QED) is 0.873. The van der Waals surface area contributed by atoms with Crippen LogP contribution in [0.5, 0.6) is 0 Å². The Morgan fingerprint density at radius 1 is 1.28 bits per heavy atom. The van der Waals surface area contributed by atoms with Gasteiger partial charge in [-0.1, -0.05) is 37.3 Å². The second-order valence-electron chi connectivity index (χ2n) is 6.90. The third-order valence-electron chi connectivity index (χ3n) is 4.80. The largest absolute Gasteiger partial charge is 0.354 e. The monoisotopic (exact) mass is 340 g/mol. The molecule has 25 heavy (non-hydrogen) atoms. The molecule has 2 aromatic rings. The molecule has 1 aliphatic rings. The van der Waals surface area contributed by atoms with Crippen molar-refractivity contribution in [2.75, 3.05) is 25.0 Å². The van der Waals surface area contributed by atoms with Gasteiger partial charge in [-0.3, -0.25) is 14.6 Å². The summed E-state index contributed by atoms with van der Waals surface area (Å²) in [6.07, 6.45) is 1.43. The third-order valence-corrected chi connectivity index (χ3v) is 4.80. The first-order chi connectivity index (χ1) is 12.0. The van der Waals surface area contributed by atoms with E-state index in [1.807, 2.05) is 23.1 Å². The van der Waals surface area contributed by atoms with Crippen molar-refractivity contribution >= 4 is 11.9 Å². The van der Waals surface area contributed by atoms with Crippen molar-refractivity contribution in [3.05, 3.63) is 58.0 Å². The number of amides is 1. The molecular weight excluding hydrogens is 316 g/mol. The molecule has 132 valence electrons. The first-order valence-corrected chi connectivity index (χ1v) is 8.61. The molecule has 0 saturated carbocycles. The third kappa shape index (κ3) is 4.07. The molecule has 1 atom stereocenters. The molecule has 1 aromatic heterocycles. The smallest absolute Gasteiger partial charge is 0.252 e. The van der Waals surface area contributed by atoms with E-state index in [0.29, 0.717) is 37.7 Å². The Kier molecular flexibility index (Phi) is 4.88. The van der Waals surface area contributed by atoms with E-state index in [-0.39, 0.29) is 16.9 Å². The van der Waals surface area contributed by atoms with E-state index in [9.17, 15) is 9.59 Å². The number of aryl methyl sites for hydroxylation is 1. The van der Waals surface area contributed by atoms with E-state index in [0.717, 1.165) is 6.42 Å². The van der Waals surface area contributed by atoms with Gasteiger partial charge in [0.25, 0.3) is 5.56 Å². The van der Waals surface area contributed by atoms with E-state index in [1.165, 1.54) is 11.6 Å². The number of rotatable bonds is 5. The number of anilines is 1. The number of piperidine rings is 1. The normalized spacial score (nSPS) is 20.6. The minimum atomic E-state index is -0.180. The molecule has 0 unspecified atom stereocenters. The zero-order valence-electron chi connectivity index (χ0n) is 14.7. The SMILES string of the molecule is Cc1cc(=O)[nH]c(NCCN2C[C@@](C)(c3ccccc3)CCC2=O)n1. The van der Waals surface area contributed by atoms with E-state index in [1.54, 1.807) is 6.92 Å². The molecule has 6 nitrogen and oxygen atoms in total. The molecule has 0 aliphatic carbocycles. The van der Waals surface area contributed by atoms with E-state index in [4.69, 9.17) is 0 Å². The maximum absolute atomic E-state index is 12.3. The van der Waals surface area contributed by atoms with Crippen molar-refractivity contribution in [3.8, 4) is 0 Å². The topological polar surface area (TPSA) is 78.1 Å². The lowest BCUT2D eigenvalue weighted by molar-refractivity contribution is -0.135. The summed E-state index contributed by atoms with van der Waals surface area (Å²) in [6.45, 7) is 5.83. The lowest BCUT2D eigenvalue weighted by Gasteiger charge is -2.40. The van der Waals surface area contributed by atoms with Crippen molar-refractivity contribution in [2.24, 2.45) is 0 Å². The highest BCUT2D eigenvalue weighted by atomic mass is 16.2. The second kappa shape index (κ2) is 7.09. The molecule has 1 aromatic carbocycles. The summed E-state index contributed by atoms with van der Waals surface area (Å²) in [5.41, 5.74) is 1.73. The van der Waals surface area contributed by atoms with Gasteiger partial charge in [-0.15, -0.1) is 0 Å². The molecule has 0 radical (unpaired) electrons. The van der Waals surface area contributed by atoms with Crippen LogP contribution in [-0.2, 0) is 10.2 Å². The standard InChI is InChI=1S/C19H24N4O2/c1-14-12-16(24)22-18(21-14)20-10-11-23-13-19(2,9-8-17(23)25)15-6-4-3-5-7-15/h3-7,12H,8-11,13H2,1-2H3,(H2,20,21,22,24)/t19-/m0/s1. The molecule has 1 saturated heterocycles. The molecule has 0 bridgehead atoms. The molecule has 1 aliphatic heterocycles. The first kappa shape index (κ1) is 17.2. The number of hydrogen-bond acceptors (Lipinski definition) is 4. The van der Waals surface area contributed by atoms with Crippen LogP contribution < -0.4 is 10.9 Å². The molecule has 0 spiro atoms. The minimum Gasteiger partial charge on any atom is -0.354 e. The Balaban J connectivity index is 1.63. The van der Waals surface area contributed by atoms with Gasteiger partial charge in [0.2, 0.25) is 11.9 Å². The number of carbonyl (C=O) groups excluding carboxylic acids is 1. The van der Waals surface area contributed by atoms with E-state index < -0.39 is 0 Å². The van der Waals surface area contributed by atoms with Crippen molar-refractivity contribution in [1.82, 2.24) is 14.9 Å². The average molecular weight is 340 g/mol. The number of H-pyrrole nitrogens is 1. The Labute approximate surface area is 147 Å². The van der Waals surface area contributed by atoms with Gasteiger partial charge in [0.1, 0.15) is 0 Å². The number of nitrogens with zero attached hydrogens (tertiary/aromatic N) is 2. The number of aromatic amines is 1. The summed E-state index contributed by atoms with van der Waals surface area (Å²) >= 11 is 0. The Hall–Kier alpha value is -2.63. The van der Waals surface area contributed by atoms with Crippen LogP contribution in [0.25, 0.3) is 0 Å². The summed E-state index contributed by atoms with van der Waals surface area (Å²) in [7, 11) is 0. The van der Waals surface area contributed by atoms with Gasteiger partial charge in [0.05, 0.1) is 0 Å². The Morgan fingerprint density at radius 2 is 2.04 bits per heavy atom. The minimum absolute atomic E-state index is 0.0227. The molecule has 1 fully saturated rings. The zero-order chi connectivity index (χ0) is 17.9.